The van der Waals surface area contributed by atoms with E-state index in [1.54, 1.807) is 0 Å². The topological polar surface area (TPSA) is 35.5 Å². The molecule has 0 aromatic carbocycles. The third-order valence-electron chi connectivity index (χ3n) is 2.77. The summed E-state index contributed by atoms with van der Waals surface area (Å²) in [7, 11) is 1.90. The van der Waals surface area contributed by atoms with Gasteiger partial charge in [0.15, 0.2) is 0 Å². The van der Waals surface area contributed by atoms with E-state index in [-0.39, 0.29) is 12.6 Å². The van der Waals surface area contributed by atoms with Gasteiger partial charge in [-0.25, -0.2) is 0 Å². The molecule has 0 aliphatic carbocycles. The molecule has 0 amide bonds. The van der Waals surface area contributed by atoms with E-state index in [9.17, 15) is 0 Å². The third-order valence-corrected chi connectivity index (χ3v) is 2.77. The fraction of sp³-hybridized carbons (Fsp3) is 1.00. The highest BCUT2D eigenvalue weighted by molar-refractivity contribution is 4.79. The Morgan fingerprint density at radius 3 is 2.83 bits per heavy atom. The van der Waals surface area contributed by atoms with Gasteiger partial charge in [-0.15, -0.1) is 0 Å². The lowest BCUT2D eigenvalue weighted by atomic mass is 10.2. The van der Waals surface area contributed by atoms with E-state index in [4.69, 9.17) is 5.11 Å². The number of rotatable bonds is 4. The van der Waals surface area contributed by atoms with E-state index in [1.807, 2.05) is 7.05 Å². The van der Waals surface area contributed by atoms with Gasteiger partial charge in [0.05, 0.1) is 6.61 Å². The second-order valence-corrected chi connectivity index (χ2v) is 3.65. The van der Waals surface area contributed by atoms with Gasteiger partial charge in [-0.2, -0.15) is 0 Å². The molecule has 1 fully saturated rings. The maximum absolute atomic E-state index is 8.98. The molecular weight excluding hydrogens is 152 g/mol. The quantitative estimate of drug-likeness (QED) is 0.629. The zero-order valence-electron chi connectivity index (χ0n) is 8.08. The molecule has 3 heteroatoms. The molecule has 1 aliphatic rings. The summed E-state index contributed by atoms with van der Waals surface area (Å²) in [4.78, 5) is 2.44. The molecule has 0 radical (unpaired) electrons. The average Bonchev–Trinajstić information content (AvgIpc) is 2.47. The van der Waals surface area contributed by atoms with Gasteiger partial charge in [-0.1, -0.05) is 0 Å². The monoisotopic (exact) mass is 172 g/mol. The number of likely N-dealkylation sites (N-methyl/N-ethyl adjacent to an activating group) is 1. The molecule has 0 saturated carbocycles. The van der Waals surface area contributed by atoms with Crippen molar-refractivity contribution >= 4 is 0 Å². The van der Waals surface area contributed by atoms with Crippen molar-refractivity contribution < 1.29 is 5.11 Å². The van der Waals surface area contributed by atoms with E-state index in [2.05, 4.69) is 17.1 Å². The number of hydrogen-bond acceptors (Lipinski definition) is 3. The highest BCUT2D eigenvalue weighted by Gasteiger charge is 2.22. The van der Waals surface area contributed by atoms with Gasteiger partial charge in [-0.3, -0.25) is 4.90 Å². The van der Waals surface area contributed by atoms with Crippen molar-refractivity contribution in [2.45, 2.75) is 31.8 Å². The number of nitrogens with zero attached hydrogens (tertiary/aromatic N) is 1. The van der Waals surface area contributed by atoms with Crippen LogP contribution in [0.5, 0.6) is 0 Å². The lowest BCUT2D eigenvalue weighted by molar-refractivity contribution is 0.182. The summed E-state index contributed by atoms with van der Waals surface area (Å²) in [6.07, 6.45) is 2.62. The molecule has 0 aromatic rings. The van der Waals surface area contributed by atoms with Gasteiger partial charge in [0.2, 0.25) is 0 Å². The van der Waals surface area contributed by atoms with Crippen molar-refractivity contribution in [3.8, 4) is 0 Å². The van der Waals surface area contributed by atoms with Crippen molar-refractivity contribution in [2.24, 2.45) is 0 Å². The predicted molar refractivity (Wildman–Crippen MR) is 50.2 cm³/mol. The SMILES string of the molecule is CNC(CO)CN1CCCC1C. The molecule has 0 bridgehead atoms. The Bertz CT molecular complexity index is 126. The second-order valence-electron chi connectivity index (χ2n) is 3.65. The Labute approximate surface area is 74.8 Å². The summed E-state index contributed by atoms with van der Waals surface area (Å²) >= 11 is 0. The molecule has 2 N–H and O–H groups in total. The minimum absolute atomic E-state index is 0.236. The standard InChI is InChI=1S/C9H20N2O/c1-8-4-3-5-11(8)6-9(7-12)10-2/h8-10,12H,3-7H2,1-2H3. The maximum Gasteiger partial charge on any atom is 0.0597 e. The van der Waals surface area contributed by atoms with E-state index < -0.39 is 0 Å². The highest BCUT2D eigenvalue weighted by atomic mass is 16.3. The van der Waals surface area contributed by atoms with Crippen LogP contribution in [0, 0.1) is 0 Å². The fourth-order valence-corrected chi connectivity index (χ4v) is 1.79. The van der Waals surface area contributed by atoms with Crippen LogP contribution in [0.3, 0.4) is 0 Å². The van der Waals surface area contributed by atoms with Crippen LogP contribution in [-0.4, -0.2) is 48.8 Å². The van der Waals surface area contributed by atoms with Crippen LogP contribution in [0.4, 0.5) is 0 Å². The number of nitrogens with one attached hydrogen (secondary N) is 1. The minimum Gasteiger partial charge on any atom is -0.395 e. The van der Waals surface area contributed by atoms with E-state index in [0.29, 0.717) is 6.04 Å². The van der Waals surface area contributed by atoms with Gasteiger partial charge >= 0.3 is 0 Å². The summed E-state index contributed by atoms with van der Waals surface area (Å²) in [5.74, 6) is 0. The lowest BCUT2D eigenvalue weighted by Gasteiger charge is -2.25. The third kappa shape index (κ3) is 2.44. The number of aliphatic hydroxyl groups is 1. The van der Waals surface area contributed by atoms with Crippen LogP contribution in [0.2, 0.25) is 0 Å². The molecular formula is C9H20N2O. The van der Waals surface area contributed by atoms with Crippen molar-refractivity contribution in [1.29, 1.82) is 0 Å². The Morgan fingerprint density at radius 1 is 1.67 bits per heavy atom. The van der Waals surface area contributed by atoms with Gasteiger partial charge in [0, 0.05) is 18.6 Å². The molecule has 3 nitrogen and oxygen atoms in total. The van der Waals surface area contributed by atoms with Crippen molar-refractivity contribution in [2.75, 3.05) is 26.7 Å². The molecule has 72 valence electrons. The summed E-state index contributed by atoms with van der Waals surface area (Å²) in [5, 5.41) is 12.1. The summed E-state index contributed by atoms with van der Waals surface area (Å²) < 4.78 is 0. The first-order valence-electron chi connectivity index (χ1n) is 4.80. The first-order chi connectivity index (χ1) is 5.77. The predicted octanol–water partition coefficient (Wildman–Crippen LogP) is 0.0510. The van der Waals surface area contributed by atoms with Crippen molar-refractivity contribution in [3.05, 3.63) is 0 Å². The number of aliphatic hydroxyl groups excluding tert-OH is 1. The van der Waals surface area contributed by atoms with Gasteiger partial charge in [0.1, 0.15) is 0 Å². The number of hydrogen-bond donors (Lipinski definition) is 2. The lowest BCUT2D eigenvalue weighted by Crippen LogP contribution is -2.42. The normalized spacial score (nSPS) is 27.8. The highest BCUT2D eigenvalue weighted by Crippen LogP contribution is 2.15. The van der Waals surface area contributed by atoms with Crippen LogP contribution >= 0.6 is 0 Å². The van der Waals surface area contributed by atoms with Crippen LogP contribution in [0.25, 0.3) is 0 Å². The molecule has 1 rings (SSSR count). The summed E-state index contributed by atoms with van der Waals surface area (Å²) in [5.41, 5.74) is 0. The Kier molecular flexibility index (Phi) is 3.98. The largest absolute Gasteiger partial charge is 0.395 e. The van der Waals surface area contributed by atoms with Crippen molar-refractivity contribution in [3.63, 3.8) is 0 Å². The van der Waals surface area contributed by atoms with Crippen LogP contribution < -0.4 is 5.32 Å². The average molecular weight is 172 g/mol. The van der Waals surface area contributed by atoms with Crippen molar-refractivity contribution in [1.82, 2.24) is 10.2 Å². The summed E-state index contributed by atoms with van der Waals surface area (Å²) in [6, 6.07) is 0.943. The first kappa shape index (κ1) is 9.96. The molecule has 1 heterocycles. The van der Waals surface area contributed by atoms with Gasteiger partial charge in [-0.05, 0) is 33.4 Å². The zero-order valence-corrected chi connectivity index (χ0v) is 8.08. The van der Waals surface area contributed by atoms with Gasteiger partial charge in [0.25, 0.3) is 0 Å². The smallest absolute Gasteiger partial charge is 0.0597 e. The van der Waals surface area contributed by atoms with Crippen LogP contribution in [-0.2, 0) is 0 Å². The molecule has 0 aromatic heterocycles. The molecule has 2 unspecified atom stereocenters. The Balaban J connectivity index is 2.28. The molecule has 0 spiro atoms. The fourth-order valence-electron chi connectivity index (χ4n) is 1.79. The Morgan fingerprint density at radius 2 is 2.42 bits per heavy atom. The minimum atomic E-state index is 0.236. The second kappa shape index (κ2) is 4.80. The molecule has 1 aliphatic heterocycles. The van der Waals surface area contributed by atoms with Gasteiger partial charge < -0.3 is 10.4 Å². The number of likely N-dealkylation sites (tertiary alicyclic amines) is 1. The maximum atomic E-state index is 8.98. The van der Waals surface area contributed by atoms with E-state index in [1.165, 1.54) is 19.4 Å². The van der Waals surface area contributed by atoms with Crippen LogP contribution in [0.15, 0.2) is 0 Å². The molecule has 1 saturated heterocycles. The van der Waals surface area contributed by atoms with E-state index in [0.717, 1.165) is 6.54 Å². The van der Waals surface area contributed by atoms with E-state index >= 15 is 0 Å². The Hall–Kier alpha value is -0.120. The van der Waals surface area contributed by atoms with Crippen LogP contribution in [0.1, 0.15) is 19.8 Å². The molecule has 2 atom stereocenters. The molecule has 12 heavy (non-hydrogen) atoms. The summed E-state index contributed by atoms with van der Waals surface area (Å²) in [6.45, 7) is 4.67. The zero-order chi connectivity index (χ0) is 8.97. The first-order valence-corrected chi connectivity index (χ1v) is 4.80.